The number of aromatic nitrogens is 2. The van der Waals surface area contributed by atoms with E-state index in [1.165, 1.54) is 0 Å². The minimum absolute atomic E-state index is 0.206. The van der Waals surface area contributed by atoms with Gasteiger partial charge in [-0.3, -0.25) is 0 Å². The number of benzene rings is 1. The molecule has 0 bridgehead atoms. The van der Waals surface area contributed by atoms with Crippen molar-refractivity contribution in [3.05, 3.63) is 41.5 Å². The normalized spacial score (nSPS) is 20.3. The Hall–Kier alpha value is -1.92. The largest absolute Gasteiger partial charge is 0.508 e. The van der Waals surface area contributed by atoms with E-state index in [1.807, 2.05) is 12.1 Å². The first-order valence-electron chi connectivity index (χ1n) is 7.17. The summed E-state index contributed by atoms with van der Waals surface area (Å²) < 4.78 is 10.7. The lowest BCUT2D eigenvalue weighted by atomic mass is 10.0. The van der Waals surface area contributed by atoms with Crippen molar-refractivity contribution in [1.82, 2.24) is 10.1 Å². The highest BCUT2D eigenvalue weighted by Gasteiger charge is 2.23. The number of phenolic OH excluding ortho intramolecular Hbond substituents is 1. The second-order valence-electron chi connectivity index (χ2n) is 5.38. The molecule has 0 aliphatic carbocycles. The summed E-state index contributed by atoms with van der Waals surface area (Å²) in [5.41, 5.74) is 7.13. The van der Waals surface area contributed by atoms with Gasteiger partial charge in [0.15, 0.2) is 5.82 Å². The van der Waals surface area contributed by atoms with Crippen molar-refractivity contribution in [3.8, 4) is 5.75 Å². The molecule has 6 nitrogen and oxygen atoms in total. The van der Waals surface area contributed by atoms with E-state index in [0.717, 1.165) is 25.0 Å². The zero-order valence-electron chi connectivity index (χ0n) is 11.7. The molecule has 0 spiro atoms. The van der Waals surface area contributed by atoms with Gasteiger partial charge in [0.05, 0.1) is 12.6 Å². The van der Waals surface area contributed by atoms with Crippen LogP contribution in [0.1, 0.15) is 42.1 Å². The minimum Gasteiger partial charge on any atom is -0.508 e. The van der Waals surface area contributed by atoms with E-state index in [4.69, 9.17) is 15.0 Å². The van der Waals surface area contributed by atoms with E-state index in [0.29, 0.717) is 24.7 Å². The summed E-state index contributed by atoms with van der Waals surface area (Å²) in [4.78, 5) is 4.42. The molecule has 1 aromatic carbocycles. The Morgan fingerprint density at radius 2 is 2.14 bits per heavy atom. The lowest BCUT2D eigenvalue weighted by Crippen LogP contribution is -2.17. The summed E-state index contributed by atoms with van der Waals surface area (Å²) in [6.07, 6.45) is 2.63. The summed E-state index contributed by atoms with van der Waals surface area (Å²) in [6, 6.07) is 6.60. The Bertz CT molecular complexity index is 576. The first kappa shape index (κ1) is 14.0. The maximum absolute atomic E-state index is 9.27. The molecule has 2 aromatic rings. The van der Waals surface area contributed by atoms with Crippen LogP contribution in [0.25, 0.3) is 0 Å². The van der Waals surface area contributed by atoms with E-state index in [2.05, 4.69) is 10.1 Å². The Kier molecular flexibility index (Phi) is 4.17. The van der Waals surface area contributed by atoms with Gasteiger partial charge in [-0.05, 0) is 37.0 Å². The molecule has 2 heterocycles. The molecule has 1 unspecified atom stereocenters. The standard InChI is InChI=1S/C15H19N3O3/c16-13(8-10-3-5-12(19)6-4-10)15-17-14(18-21-15)11-2-1-7-20-9-11/h3-6,11,13,19H,1-2,7-9,16H2/t11?,13-/m0/s1. The third-order valence-corrected chi connectivity index (χ3v) is 3.69. The van der Waals surface area contributed by atoms with Crippen LogP contribution < -0.4 is 5.73 Å². The molecule has 0 amide bonds. The Morgan fingerprint density at radius 3 is 2.86 bits per heavy atom. The highest BCUT2D eigenvalue weighted by Crippen LogP contribution is 2.24. The molecule has 2 atom stereocenters. The highest BCUT2D eigenvalue weighted by molar-refractivity contribution is 5.26. The average molecular weight is 289 g/mol. The number of nitrogens with two attached hydrogens (primary N) is 1. The third-order valence-electron chi connectivity index (χ3n) is 3.69. The molecule has 21 heavy (non-hydrogen) atoms. The van der Waals surface area contributed by atoms with Gasteiger partial charge in [-0.1, -0.05) is 17.3 Å². The van der Waals surface area contributed by atoms with Gasteiger partial charge >= 0.3 is 0 Å². The van der Waals surface area contributed by atoms with Gasteiger partial charge < -0.3 is 20.1 Å². The molecule has 3 rings (SSSR count). The van der Waals surface area contributed by atoms with Crippen molar-refractivity contribution in [2.75, 3.05) is 13.2 Å². The second-order valence-corrected chi connectivity index (χ2v) is 5.38. The molecule has 3 N–H and O–H groups in total. The Labute approximate surface area is 122 Å². The number of phenols is 1. The Balaban J connectivity index is 1.65. The summed E-state index contributed by atoms with van der Waals surface area (Å²) in [6.45, 7) is 1.45. The molecule has 1 aliphatic heterocycles. The molecule has 112 valence electrons. The van der Waals surface area contributed by atoms with E-state index >= 15 is 0 Å². The molecule has 1 saturated heterocycles. The zero-order chi connectivity index (χ0) is 14.7. The molecule has 0 saturated carbocycles. The van der Waals surface area contributed by atoms with E-state index < -0.39 is 0 Å². The molecule has 0 radical (unpaired) electrons. The quantitative estimate of drug-likeness (QED) is 0.893. The predicted octanol–water partition coefficient (Wildman–Crippen LogP) is 1.91. The van der Waals surface area contributed by atoms with Crippen molar-refractivity contribution in [2.45, 2.75) is 31.2 Å². The summed E-state index contributed by atoms with van der Waals surface area (Å²) in [7, 11) is 0. The SMILES string of the molecule is N[C@@H](Cc1ccc(O)cc1)c1nc(C2CCCOC2)no1. The maximum Gasteiger partial charge on any atom is 0.243 e. The van der Waals surface area contributed by atoms with Crippen LogP contribution >= 0.6 is 0 Å². The highest BCUT2D eigenvalue weighted by atomic mass is 16.5. The van der Waals surface area contributed by atoms with Crippen LogP contribution in [0.4, 0.5) is 0 Å². The van der Waals surface area contributed by atoms with Gasteiger partial charge in [0.1, 0.15) is 5.75 Å². The fourth-order valence-corrected chi connectivity index (χ4v) is 2.48. The molecule has 1 fully saturated rings. The molecular weight excluding hydrogens is 270 g/mol. The van der Waals surface area contributed by atoms with Crippen LogP contribution in [0.15, 0.2) is 28.8 Å². The Morgan fingerprint density at radius 1 is 1.33 bits per heavy atom. The number of ether oxygens (including phenoxy) is 1. The lowest BCUT2D eigenvalue weighted by molar-refractivity contribution is 0.0773. The van der Waals surface area contributed by atoms with Crippen LogP contribution in [0, 0.1) is 0 Å². The van der Waals surface area contributed by atoms with Crippen molar-refractivity contribution in [1.29, 1.82) is 0 Å². The third kappa shape index (κ3) is 3.40. The molecule has 1 aromatic heterocycles. The van der Waals surface area contributed by atoms with E-state index in [1.54, 1.807) is 12.1 Å². The minimum atomic E-state index is -0.347. The van der Waals surface area contributed by atoms with Crippen LogP contribution in [0.2, 0.25) is 0 Å². The van der Waals surface area contributed by atoms with Crippen LogP contribution in [0.3, 0.4) is 0 Å². The zero-order valence-corrected chi connectivity index (χ0v) is 11.7. The molecule has 6 heteroatoms. The topological polar surface area (TPSA) is 94.4 Å². The average Bonchev–Trinajstić information content (AvgIpc) is 3.00. The van der Waals surface area contributed by atoms with Gasteiger partial charge in [0.2, 0.25) is 5.89 Å². The smallest absolute Gasteiger partial charge is 0.243 e. The van der Waals surface area contributed by atoms with Crippen molar-refractivity contribution in [3.63, 3.8) is 0 Å². The van der Waals surface area contributed by atoms with Crippen LogP contribution in [0.5, 0.6) is 5.75 Å². The van der Waals surface area contributed by atoms with E-state index in [-0.39, 0.29) is 17.7 Å². The number of aromatic hydroxyl groups is 1. The van der Waals surface area contributed by atoms with Gasteiger partial charge in [-0.25, -0.2) is 0 Å². The van der Waals surface area contributed by atoms with Crippen LogP contribution in [-0.2, 0) is 11.2 Å². The number of nitrogens with zero attached hydrogens (tertiary/aromatic N) is 2. The molecule has 1 aliphatic rings. The first-order valence-corrected chi connectivity index (χ1v) is 7.17. The van der Waals surface area contributed by atoms with E-state index in [9.17, 15) is 5.11 Å². The number of hydrogen-bond acceptors (Lipinski definition) is 6. The number of rotatable bonds is 4. The van der Waals surface area contributed by atoms with Crippen LogP contribution in [-0.4, -0.2) is 28.5 Å². The fraction of sp³-hybridized carbons (Fsp3) is 0.467. The van der Waals surface area contributed by atoms with Gasteiger partial charge in [-0.2, -0.15) is 4.98 Å². The summed E-state index contributed by atoms with van der Waals surface area (Å²) in [5, 5.41) is 13.3. The first-order chi connectivity index (χ1) is 10.2. The lowest BCUT2D eigenvalue weighted by Gasteiger charge is -2.18. The van der Waals surface area contributed by atoms with Gasteiger partial charge in [0.25, 0.3) is 0 Å². The van der Waals surface area contributed by atoms with Crippen molar-refractivity contribution >= 4 is 0 Å². The maximum atomic E-state index is 9.27. The second kappa shape index (κ2) is 6.24. The fourth-order valence-electron chi connectivity index (χ4n) is 2.48. The summed E-state index contributed by atoms with van der Waals surface area (Å²) >= 11 is 0. The van der Waals surface area contributed by atoms with Gasteiger partial charge in [0, 0.05) is 12.5 Å². The van der Waals surface area contributed by atoms with Gasteiger partial charge in [-0.15, -0.1) is 0 Å². The van der Waals surface area contributed by atoms with Crippen molar-refractivity contribution < 1.29 is 14.4 Å². The molecular formula is C15H19N3O3. The van der Waals surface area contributed by atoms with Crippen molar-refractivity contribution in [2.24, 2.45) is 5.73 Å². The predicted molar refractivity (Wildman–Crippen MR) is 75.8 cm³/mol. The monoisotopic (exact) mass is 289 g/mol. The summed E-state index contributed by atoms with van der Waals surface area (Å²) in [5.74, 6) is 1.58. The number of hydrogen-bond donors (Lipinski definition) is 2.